The van der Waals surface area contributed by atoms with Crippen molar-refractivity contribution >= 4 is 14.5 Å². The summed E-state index contributed by atoms with van der Waals surface area (Å²) in [5, 5.41) is 0.150. The lowest BCUT2D eigenvalue weighted by Gasteiger charge is -2.59. The van der Waals surface area contributed by atoms with Gasteiger partial charge in [0.15, 0.2) is 13.9 Å². The Hall–Kier alpha value is -0.813. The maximum atomic E-state index is 12.1. The smallest absolute Gasteiger partial charge is 0.430 e. The van der Waals surface area contributed by atoms with Gasteiger partial charge in [0.25, 0.3) is 0 Å². The van der Waals surface area contributed by atoms with Gasteiger partial charge in [-0.1, -0.05) is 54.0 Å². The summed E-state index contributed by atoms with van der Waals surface area (Å²) in [5.41, 5.74) is 0.571. The van der Waals surface area contributed by atoms with Crippen molar-refractivity contribution in [2.75, 3.05) is 13.2 Å². The van der Waals surface area contributed by atoms with Gasteiger partial charge in [-0.25, -0.2) is 4.79 Å². The van der Waals surface area contributed by atoms with Crippen molar-refractivity contribution in [2.24, 2.45) is 16.7 Å². The molecule has 154 valence electrons. The van der Waals surface area contributed by atoms with Crippen LogP contribution in [0.15, 0.2) is 11.6 Å². The molecule has 3 atom stereocenters. The Morgan fingerprint density at radius 1 is 1.22 bits per heavy atom. The number of hydrogen-bond donors (Lipinski definition) is 0. The Balaban J connectivity index is 1.96. The van der Waals surface area contributed by atoms with E-state index in [4.69, 9.17) is 13.9 Å². The van der Waals surface area contributed by atoms with Gasteiger partial charge in [0.05, 0.1) is 6.61 Å². The quantitative estimate of drug-likeness (QED) is 0.331. The van der Waals surface area contributed by atoms with Gasteiger partial charge in [0, 0.05) is 5.41 Å². The lowest BCUT2D eigenvalue weighted by atomic mass is 9.47. The van der Waals surface area contributed by atoms with Crippen molar-refractivity contribution in [2.45, 2.75) is 91.0 Å². The van der Waals surface area contributed by atoms with Gasteiger partial charge in [-0.3, -0.25) is 0 Å². The molecule has 4 nitrogen and oxygen atoms in total. The highest BCUT2D eigenvalue weighted by Crippen LogP contribution is 2.63. The van der Waals surface area contributed by atoms with Crippen LogP contribution in [-0.2, 0) is 13.9 Å². The van der Waals surface area contributed by atoms with E-state index in [0.717, 1.165) is 24.8 Å². The zero-order chi connectivity index (χ0) is 20.3. The molecule has 5 heteroatoms. The molecular weight excluding hydrogens is 356 g/mol. The van der Waals surface area contributed by atoms with Crippen molar-refractivity contribution in [3.05, 3.63) is 11.6 Å². The van der Waals surface area contributed by atoms with Crippen molar-refractivity contribution < 1.29 is 18.7 Å². The summed E-state index contributed by atoms with van der Waals surface area (Å²) in [7, 11) is -1.89. The van der Waals surface area contributed by atoms with E-state index in [2.05, 4.69) is 60.7 Å². The van der Waals surface area contributed by atoms with Crippen LogP contribution in [0.2, 0.25) is 18.1 Å². The molecule has 3 aliphatic rings. The number of carbonyl (C=O) groups excluding carboxylic acids is 1. The van der Waals surface area contributed by atoms with E-state index < -0.39 is 20.1 Å². The lowest BCUT2D eigenvalue weighted by Crippen LogP contribution is -2.61. The van der Waals surface area contributed by atoms with Crippen LogP contribution < -0.4 is 0 Å². The fraction of sp³-hybridized carbons (Fsp3) is 0.864. The molecule has 0 bridgehead atoms. The van der Waals surface area contributed by atoms with Crippen molar-refractivity contribution in [3.63, 3.8) is 0 Å². The molecule has 1 heterocycles. The molecule has 0 N–H and O–H groups in total. The first-order valence-corrected chi connectivity index (χ1v) is 13.4. The van der Waals surface area contributed by atoms with Crippen molar-refractivity contribution in [1.82, 2.24) is 0 Å². The standard InChI is InChI=1S/C22H38O4Si/c1-19(2,3)27(7,8)25-14-16-10-11-17-20(4,5)12-9-13-21(17,6)22(16)15-24-18(23)26-22/h10,17H,9,11-15H2,1-8H3. The zero-order valence-corrected chi connectivity index (χ0v) is 19.5. The third-order valence-electron chi connectivity index (χ3n) is 8.32. The largest absolute Gasteiger partial charge is 0.509 e. The number of cyclic esters (lactones) is 1. The van der Waals surface area contributed by atoms with Crippen molar-refractivity contribution in [1.29, 1.82) is 0 Å². The zero-order valence-electron chi connectivity index (χ0n) is 18.5. The van der Waals surface area contributed by atoms with E-state index in [-0.39, 0.29) is 15.9 Å². The van der Waals surface area contributed by atoms with Crippen LogP contribution in [0.25, 0.3) is 0 Å². The molecule has 3 unspecified atom stereocenters. The Labute approximate surface area is 166 Å². The van der Waals surface area contributed by atoms with Crippen LogP contribution in [-0.4, -0.2) is 33.3 Å². The van der Waals surface area contributed by atoms with Crippen LogP contribution in [0.3, 0.4) is 0 Å². The van der Waals surface area contributed by atoms with E-state index in [9.17, 15) is 4.79 Å². The van der Waals surface area contributed by atoms with Crippen LogP contribution in [0.1, 0.15) is 67.2 Å². The van der Waals surface area contributed by atoms with Crippen LogP contribution in [0.4, 0.5) is 4.79 Å². The number of allylic oxidation sites excluding steroid dienone is 1. The van der Waals surface area contributed by atoms with Gasteiger partial charge in [0.1, 0.15) is 6.61 Å². The van der Waals surface area contributed by atoms with Gasteiger partial charge >= 0.3 is 6.16 Å². The van der Waals surface area contributed by atoms with Crippen LogP contribution >= 0.6 is 0 Å². The minimum absolute atomic E-state index is 0.109. The highest BCUT2D eigenvalue weighted by atomic mass is 28.4. The summed E-state index contributed by atoms with van der Waals surface area (Å²) in [6.45, 7) is 19.2. The van der Waals surface area contributed by atoms with Crippen molar-refractivity contribution in [3.8, 4) is 0 Å². The van der Waals surface area contributed by atoms with E-state index in [1.54, 1.807) is 0 Å². The maximum Gasteiger partial charge on any atom is 0.509 e. The summed E-state index contributed by atoms with van der Waals surface area (Å²) in [4.78, 5) is 12.1. The number of rotatable bonds is 3. The summed E-state index contributed by atoms with van der Waals surface area (Å²) in [6.07, 6.45) is 6.25. The Bertz CT molecular complexity index is 645. The van der Waals surface area contributed by atoms with Gasteiger partial charge in [-0.2, -0.15) is 0 Å². The average molecular weight is 395 g/mol. The first-order valence-electron chi connectivity index (χ1n) is 10.4. The highest BCUT2D eigenvalue weighted by molar-refractivity contribution is 6.74. The van der Waals surface area contributed by atoms with Gasteiger partial charge < -0.3 is 13.9 Å². The van der Waals surface area contributed by atoms with E-state index >= 15 is 0 Å². The predicted molar refractivity (Wildman–Crippen MR) is 110 cm³/mol. The van der Waals surface area contributed by atoms with Gasteiger partial charge in [-0.05, 0) is 54.3 Å². The predicted octanol–water partition coefficient (Wildman–Crippen LogP) is 6.08. The number of ether oxygens (including phenoxy) is 2. The molecule has 1 saturated heterocycles. The summed E-state index contributed by atoms with van der Waals surface area (Å²) < 4.78 is 18.0. The molecule has 3 rings (SSSR count). The molecule has 1 saturated carbocycles. The lowest BCUT2D eigenvalue weighted by molar-refractivity contribution is -0.129. The molecule has 0 amide bonds. The van der Waals surface area contributed by atoms with Gasteiger partial charge in [0.2, 0.25) is 0 Å². The normalized spacial score (nSPS) is 36.1. The van der Waals surface area contributed by atoms with E-state index in [1.807, 2.05) is 0 Å². The van der Waals surface area contributed by atoms with E-state index in [0.29, 0.717) is 19.1 Å². The topological polar surface area (TPSA) is 44.8 Å². The number of fused-ring (bicyclic) bond motifs is 2. The molecule has 1 aliphatic heterocycles. The Morgan fingerprint density at radius 3 is 2.44 bits per heavy atom. The number of hydrogen-bond acceptors (Lipinski definition) is 4. The fourth-order valence-corrected chi connectivity index (χ4v) is 6.38. The van der Waals surface area contributed by atoms with Crippen LogP contribution in [0, 0.1) is 16.7 Å². The molecule has 2 aliphatic carbocycles. The maximum absolute atomic E-state index is 12.1. The summed E-state index contributed by atoms with van der Waals surface area (Å²) in [5.74, 6) is 0.477. The first-order chi connectivity index (χ1) is 12.3. The number of carbonyl (C=O) groups is 1. The molecule has 0 aromatic carbocycles. The second-order valence-corrected chi connectivity index (χ2v) is 16.1. The molecule has 0 aromatic heterocycles. The van der Waals surface area contributed by atoms with Gasteiger partial charge in [-0.15, -0.1) is 0 Å². The highest BCUT2D eigenvalue weighted by Gasteiger charge is 2.65. The third kappa shape index (κ3) is 3.19. The summed E-state index contributed by atoms with van der Waals surface area (Å²) in [6, 6.07) is 0. The summed E-state index contributed by atoms with van der Waals surface area (Å²) >= 11 is 0. The second-order valence-electron chi connectivity index (χ2n) is 11.3. The average Bonchev–Trinajstić information content (AvgIpc) is 2.90. The Kier molecular flexibility index (Phi) is 4.91. The van der Waals surface area contributed by atoms with E-state index in [1.165, 1.54) is 6.42 Å². The first kappa shape index (κ1) is 20.9. The second kappa shape index (κ2) is 6.35. The van der Waals surface area contributed by atoms with Crippen LogP contribution in [0.5, 0.6) is 0 Å². The molecular formula is C22H38O4Si. The molecule has 0 aromatic rings. The molecule has 1 spiro atoms. The minimum Gasteiger partial charge on any atom is -0.430 e. The molecule has 27 heavy (non-hydrogen) atoms. The fourth-order valence-electron chi connectivity index (χ4n) is 5.43. The molecule has 0 radical (unpaired) electrons. The Morgan fingerprint density at radius 2 is 1.89 bits per heavy atom. The molecule has 2 fully saturated rings. The minimum atomic E-state index is -1.89. The SMILES string of the molecule is CC1(C)CCCC2(C)C1CC=C(CO[Si](C)(C)C(C)(C)C)C21COC(=O)O1. The third-order valence-corrected chi connectivity index (χ3v) is 12.8. The monoisotopic (exact) mass is 394 g/mol.